The Labute approximate surface area is 109 Å². The van der Waals surface area contributed by atoms with Gasteiger partial charge in [0.1, 0.15) is 0 Å². The highest BCUT2D eigenvalue weighted by Gasteiger charge is 2.23. The van der Waals surface area contributed by atoms with Crippen molar-refractivity contribution in [1.82, 2.24) is 9.80 Å². The zero-order chi connectivity index (χ0) is 13.0. The summed E-state index contributed by atoms with van der Waals surface area (Å²) in [4.78, 5) is 16.2. The number of amides is 1. The smallest absolute Gasteiger partial charge is 0.240 e. The molecule has 1 atom stereocenters. The van der Waals surface area contributed by atoms with Gasteiger partial charge in [0, 0.05) is 25.9 Å². The molecule has 4 heteroatoms. The number of likely N-dealkylation sites (N-methyl/N-ethyl adjacent to an activating group) is 1. The van der Waals surface area contributed by atoms with Crippen molar-refractivity contribution in [2.45, 2.75) is 32.1 Å². The van der Waals surface area contributed by atoms with Gasteiger partial charge in [0.15, 0.2) is 0 Å². The van der Waals surface area contributed by atoms with Crippen LogP contribution in [0.1, 0.15) is 32.1 Å². The molecule has 1 saturated heterocycles. The van der Waals surface area contributed by atoms with E-state index in [1.165, 1.54) is 12.1 Å². The van der Waals surface area contributed by atoms with Crippen molar-refractivity contribution in [3.63, 3.8) is 0 Å². The minimum atomic E-state index is 0.182. The molecule has 1 aliphatic carbocycles. The Morgan fingerprint density at radius 3 is 3.06 bits per heavy atom. The van der Waals surface area contributed by atoms with Gasteiger partial charge in [0.2, 0.25) is 5.91 Å². The monoisotopic (exact) mass is 252 g/mol. The summed E-state index contributed by atoms with van der Waals surface area (Å²) in [6.45, 7) is 2.57. The van der Waals surface area contributed by atoms with Gasteiger partial charge in [-0.3, -0.25) is 9.69 Å². The van der Waals surface area contributed by atoms with E-state index in [2.05, 4.69) is 11.0 Å². The fraction of sp³-hybridized carbons (Fsp3) is 0.786. The molecule has 0 aromatic heterocycles. The number of piperidine rings is 1. The van der Waals surface area contributed by atoms with Crippen LogP contribution in [0.5, 0.6) is 0 Å². The Morgan fingerprint density at radius 2 is 2.39 bits per heavy atom. The average Bonchev–Trinajstić information content (AvgIpc) is 2.92. The first-order valence-corrected chi connectivity index (χ1v) is 6.99. The van der Waals surface area contributed by atoms with E-state index < -0.39 is 0 Å². The van der Waals surface area contributed by atoms with Gasteiger partial charge in [-0.25, -0.2) is 0 Å². The number of likely N-dealkylation sites (tertiary alicyclic amines) is 1. The van der Waals surface area contributed by atoms with Gasteiger partial charge in [-0.15, -0.1) is 0 Å². The summed E-state index contributed by atoms with van der Waals surface area (Å²) in [5, 5.41) is 9.19. The molecule has 1 unspecified atom stereocenters. The van der Waals surface area contributed by atoms with E-state index in [1.54, 1.807) is 0 Å². The molecule has 4 nitrogen and oxygen atoms in total. The van der Waals surface area contributed by atoms with Crippen LogP contribution in [0.3, 0.4) is 0 Å². The van der Waals surface area contributed by atoms with E-state index in [0.29, 0.717) is 12.5 Å². The largest absolute Gasteiger partial charge is 0.396 e. The summed E-state index contributed by atoms with van der Waals surface area (Å²) in [6, 6.07) is 0. The minimum absolute atomic E-state index is 0.182. The van der Waals surface area contributed by atoms with Crippen LogP contribution < -0.4 is 0 Å². The third-order valence-corrected chi connectivity index (χ3v) is 4.04. The number of nitrogens with zero attached hydrogens (tertiary/aromatic N) is 2. The Balaban J connectivity index is 1.83. The predicted molar refractivity (Wildman–Crippen MR) is 71.0 cm³/mol. The SMILES string of the molecule is CN(C(=O)CN1CCCC(CO)C1)C1=CCCC1. The van der Waals surface area contributed by atoms with Crippen LogP contribution in [-0.2, 0) is 4.79 Å². The van der Waals surface area contributed by atoms with E-state index in [-0.39, 0.29) is 12.5 Å². The van der Waals surface area contributed by atoms with Crippen LogP contribution >= 0.6 is 0 Å². The highest BCUT2D eigenvalue weighted by Crippen LogP contribution is 2.21. The lowest BCUT2D eigenvalue weighted by molar-refractivity contribution is -0.130. The number of aliphatic hydroxyl groups is 1. The van der Waals surface area contributed by atoms with Gasteiger partial charge in [0.25, 0.3) is 0 Å². The third kappa shape index (κ3) is 3.33. The van der Waals surface area contributed by atoms with Gasteiger partial charge in [-0.05, 0) is 44.6 Å². The zero-order valence-corrected chi connectivity index (χ0v) is 11.3. The first kappa shape index (κ1) is 13.6. The topological polar surface area (TPSA) is 43.8 Å². The molecule has 0 aromatic rings. The van der Waals surface area contributed by atoms with Crippen LogP contribution in [0.2, 0.25) is 0 Å². The summed E-state index contributed by atoms with van der Waals surface area (Å²) >= 11 is 0. The number of hydrogen-bond donors (Lipinski definition) is 1. The van der Waals surface area contributed by atoms with Crippen LogP contribution in [0.25, 0.3) is 0 Å². The van der Waals surface area contributed by atoms with E-state index in [4.69, 9.17) is 0 Å². The zero-order valence-electron chi connectivity index (χ0n) is 11.3. The molecule has 0 radical (unpaired) electrons. The van der Waals surface area contributed by atoms with Crippen LogP contribution in [0, 0.1) is 5.92 Å². The molecular weight excluding hydrogens is 228 g/mol. The molecule has 2 aliphatic rings. The van der Waals surface area contributed by atoms with E-state index >= 15 is 0 Å². The molecular formula is C14H24N2O2. The predicted octanol–water partition coefficient (Wildman–Crippen LogP) is 1.22. The maximum absolute atomic E-state index is 12.2. The maximum atomic E-state index is 12.2. The van der Waals surface area contributed by atoms with Crippen molar-refractivity contribution < 1.29 is 9.90 Å². The molecule has 102 valence electrons. The van der Waals surface area contributed by atoms with Gasteiger partial charge in [0.05, 0.1) is 6.54 Å². The average molecular weight is 252 g/mol. The number of rotatable bonds is 4. The molecule has 1 fully saturated rings. The molecule has 18 heavy (non-hydrogen) atoms. The molecule has 1 heterocycles. The lowest BCUT2D eigenvalue weighted by atomic mass is 9.99. The standard InChI is InChI=1S/C14H24N2O2/c1-15(13-6-2-3-7-13)14(18)10-16-8-4-5-12(9-16)11-17/h6,12,17H,2-5,7-11H2,1H3. The minimum Gasteiger partial charge on any atom is -0.396 e. The van der Waals surface area contributed by atoms with Crippen LogP contribution in [-0.4, -0.2) is 54.1 Å². The van der Waals surface area contributed by atoms with Crippen molar-refractivity contribution >= 4 is 5.91 Å². The number of carbonyl (C=O) groups excluding carboxylic acids is 1. The molecule has 0 saturated carbocycles. The Kier molecular flexibility index (Phi) is 4.78. The summed E-state index contributed by atoms with van der Waals surface area (Å²) in [5.41, 5.74) is 1.18. The maximum Gasteiger partial charge on any atom is 0.240 e. The second kappa shape index (κ2) is 6.34. The van der Waals surface area contributed by atoms with Crippen molar-refractivity contribution in [1.29, 1.82) is 0 Å². The molecule has 1 N–H and O–H groups in total. The first-order chi connectivity index (χ1) is 8.70. The quantitative estimate of drug-likeness (QED) is 0.818. The van der Waals surface area contributed by atoms with Gasteiger partial charge >= 0.3 is 0 Å². The Morgan fingerprint density at radius 1 is 1.56 bits per heavy atom. The van der Waals surface area contributed by atoms with Crippen LogP contribution in [0.15, 0.2) is 11.8 Å². The van der Waals surface area contributed by atoms with E-state index in [9.17, 15) is 9.90 Å². The number of hydrogen-bond acceptors (Lipinski definition) is 3. The highest BCUT2D eigenvalue weighted by molar-refractivity contribution is 5.79. The number of aliphatic hydroxyl groups excluding tert-OH is 1. The van der Waals surface area contributed by atoms with Crippen molar-refractivity contribution in [3.8, 4) is 0 Å². The van der Waals surface area contributed by atoms with Crippen molar-refractivity contribution in [2.75, 3.05) is 33.3 Å². The Hall–Kier alpha value is -0.870. The fourth-order valence-corrected chi connectivity index (χ4v) is 2.86. The summed E-state index contributed by atoms with van der Waals surface area (Å²) in [6.07, 6.45) is 7.64. The second-order valence-electron chi connectivity index (χ2n) is 5.47. The summed E-state index contributed by atoms with van der Waals surface area (Å²) in [7, 11) is 1.88. The molecule has 0 spiro atoms. The van der Waals surface area contributed by atoms with Crippen molar-refractivity contribution in [3.05, 3.63) is 11.8 Å². The molecule has 0 bridgehead atoms. The molecule has 1 aliphatic heterocycles. The summed E-state index contributed by atoms with van der Waals surface area (Å²) in [5.74, 6) is 0.532. The molecule has 1 amide bonds. The Bertz CT molecular complexity index is 328. The van der Waals surface area contributed by atoms with Gasteiger partial charge in [-0.2, -0.15) is 0 Å². The first-order valence-electron chi connectivity index (χ1n) is 6.99. The normalized spacial score (nSPS) is 25.0. The van der Waals surface area contributed by atoms with Crippen molar-refractivity contribution in [2.24, 2.45) is 5.92 Å². The lowest BCUT2D eigenvalue weighted by Crippen LogP contribution is -2.43. The van der Waals surface area contributed by atoms with E-state index in [1.807, 2.05) is 11.9 Å². The van der Waals surface area contributed by atoms with Gasteiger partial charge < -0.3 is 10.0 Å². The third-order valence-electron chi connectivity index (χ3n) is 4.04. The number of allylic oxidation sites excluding steroid dienone is 2. The van der Waals surface area contributed by atoms with Gasteiger partial charge in [-0.1, -0.05) is 6.08 Å². The molecule has 0 aromatic carbocycles. The summed E-state index contributed by atoms with van der Waals surface area (Å²) < 4.78 is 0. The second-order valence-corrected chi connectivity index (χ2v) is 5.47. The lowest BCUT2D eigenvalue weighted by Gasteiger charge is -2.32. The molecule has 2 rings (SSSR count). The fourth-order valence-electron chi connectivity index (χ4n) is 2.86. The highest BCUT2D eigenvalue weighted by atomic mass is 16.3. The van der Waals surface area contributed by atoms with Crippen LogP contribution in [0.4, 0.5) is 0 Å². The van der Waals surface area contributed by atoms with E-state index in [0.717, 1.165) is 38.8 Å². The number of carbonyl (C=O) groups is 1.